The smallest absolute Gasteiger partial charge is 0.241 e. The molecule has 0 aliphatic carbocycles. The van der Waals surface area contributed by atoms with Gasteiger partial charge in [0.05, 0.1) is 10.2 Å². The van der Waals surface area contributed by atoms with Crippen molar-refractivity contribution in [2.24, 2.45) is 5.73 Å². The number of fused-ring (bicyclic) bond motifs is 1. The SMILES string of the molecule is NC(=O)C(c1nc2ccccc2s1)N1CCC(F)CC1. The molecule has 20 heavy (non-hydrogen) atoms. The summed E-state index contributed by atoms with van der Waals surface area (Å²) in [5.41, 5.74) is 6.42. The molecular weight excluding hydrogens is 277 g/mol. The van der Waals surface area contributed by atoms with E-state index in [-0.39, 0.29) is 0 Å². The molecule has 1 aliphatic rings. The number of halogens is 1. The van der Waals surface area contributed by atoms with Crippen LogP contribution < -0.4 is 5.73 Å². The number of amides is 1. The lowest BCUT2D eigenvalue weighted by Crippen LogP contribution is -2.42. The number of carbonyl (C=O) groups excluding carboxylic acids is 1. The van der Waals surface area contributed by atoms with Crippen LogP contribution in [0.25, 0.3) is 10.2 Å². The number of aromatic nitrogens is 1. The first kappa shape index (κ1) is 13.5. The molecular formula is C14H16FN3OS. The van der Waals surface area contributed by atoms with Crippen molar-refractivity contribution >= 4 is 27.5 Å². The van der Waals surface area contributed by atoms with Crippen LogP contribution in [0.5, 0.6) is 0 Å². The normalized spacial score (nSPS) is 19.2. The molecule has 1 aliphatic heterocycles. The van der Waals surface area contributed by atoms with Crippen LogP contribution in [-0.2, 0) is 4.79 Å². The van der Waals surface area contributed by atoms with E-state index < -0.39 is 18.1 Å². The zero-order valence-corrected chi connectivity index (χ0v) is 11.8. The summed E-state index contributed by atoms with van der Waals surface area (Å²) in [6.45, 7) is 1.09. The van der Waals surface area contributed by atoms with Crippen LogP contribution in [0, 0.1) is 0 Å². The lowest BCUT2D eigenvalue weighted by atomic mass is 10.1. The summed E-state index contributed by atoms with van der Waals surface area (Å²) in [4.78, 5) is 18.3. The molecule has 3 rings (SSSR count). The number of nitrogens with two attached hydrogens (primary N) is 1. The predicted molar refractivity (Wildman–Crippen MR) is 77.3 cm³/mol. The standard InChI is InChI=1S/C14H16FN3OS/c15-9-5-7-18(8-6-9)12(13(16)19)14-17-10-3-1-2-4-11(10)20-14/h1-4,9,12H,5-8H2,(H2,16,19). The van der Waals surface area contributed by atoms with E-state index in [9.17, 15) is 9.18 Å². The fourth-order valence-corrected chi connectivity index (χ4v) is 3.70. The Morgan fingerprint density at radius 3 is 2.75 bits per heavy atom. The molecule has 0 saturated carbocycles. The lowest BCUT2D eigenvalue weighted by Gasteiger charge is -2.32. The molecule has 1 unspecified atom stereocenters. The van der Waals surface area contributed by atoms with Gasteiger partial charge in [0.2, 0.25) is 5.91 Å². The number of hydrogen-bond acceptors (Lipinski definition) is 4. The molecule has 106 valence electrons. The maximum atomic E-state index is 13.2. The number of nitrogens with zero attached hydrogens (tertiary/aromatic N) is 2. The van der Waals surface area contributed by atoms with Crippen LogP contribution >= 0.6 is 11.3 Å². The quantitative estimate of drug-likeness (QED) is 0.944. The van der Waals surface area contributed by atoms with E-state index in [1.807, 2.05) is 29.2 Å². The highest BCUT2D eigenvalue weighted by Gasteiger charge is 2.31. The van der Waals surface area contributed by atoms with Crippen LogP contribution in [0.2, 0.25) is 0 Å². The Balaban J connectivity index is 1.92. The summed E-state index contributed by atoms with van der Waals surface area (Å²) in [5, 5.41) is 0.705. The minimum absolute atomic E-state index is 0.415. The number of hydrogen-bond donors (Lipinski definition) is 1. The molecule has 4 nitrogen and oxygen atoms in total. The Morgan fingerprint density at radius 1 is 1.40 bits per heavy atom. The summed E-state index contributed by atoms with van der Waals surface area (Å²) < 4.78 is 14.3. The number of likely N-dealkylation sites (tertiary alicyclic amines) is 1. The number of para-hydroxylation sites is 1. The second-order valence-electron chi connectivity index (χ2n) is 5.04. The van der Waals surface area contributed by atoms with Crippen molar-refractivity contribution in [1.82, 2.24) is 9.88 Å². The van der Waals surface area contributed by atoms with Crippen LogP contribution in [-0.4, -0.2) is 35.1 Å². The first-order valence-corrected chi connectivity index (χ1v) is 7.49. The van der Waals surface area contributed by atoms with Gasteiger partial charge in [-0.1, -0.05) is 12.1 Å². The molecule has 2 N–H and O–H groups in total. The first-order valence-electron chi connectivity index (χ1n) is 6.68. The van der Waals surface area contributed by atoms with Gasteiger partial charge in [-0.25, -0.2) is 9.37 Å². The van der Waals surface area contributed by atoms with Gasteiger partial charge in [-0.15, -0.1) is 11.3 Å². The second-order valence-corrected chi connectivity index (χ2v) is 6.10. The number of rotatable bonds is 3. The molecule has 2 aromatic rings. The van der Waals surface area contributed by atoms with Crippen LogP contribution in [0.4, 0.5) is 4.39 Å². The average molecular weight is 293 g/mol. The van der Waals surface area contributed by atoms with Crippen molar-refractivity contribution in [3.05, 3.63) is 29.3 Å². The molecule has 6 heteroatoms. The zero-order valence-electron chi connectivity index (χ0n) is 11.0. The van der Waals surface area contributed by atoms with Gasteiger partial charge in [0, 0.05) is 13.1 Å². The number of primary amides is 1. The van der Waals surface area contributed by atoms with Crippen molar-refractivity contribution in [1.29, 1.82) is 0 Å². The third-order valence-electron chi connectivity index (χ3n) is 3.64. The highest BCUT2D eigenvalue weighted by Crippen LogP contribution is 2.31. The van der Waals surface area contributed by atoms with Crippen molar-refractivity contribution < 1.29 is 9.18 Å². The second kappa shape index (κ2) is 5.46. The van der Waals surface area contributed by atoms with E-state index in [0.717, 1.165) is 10.2 Å². The van der Waals surface area contributed by atoms with Crippen molar-refractivity contribution in [2.45, 2.75) is 25.1 Å². The van der Waals surface area contributed by atoms with Crippen LogP contribution in [0.1, 0.15) is 23.9 Å². The largest absolute Gasteiger partial charge is 0.368 e. The van der Waals surface area contributed by atoms with Gasteiger partial charge in [0.1, 0.15) is 17.2 Å². The minimum Gasteiger partial charge on any atom is -0.368 e. The fourth-order valence-electron chi connectivity index (χ4n) is 2.59. The Hall–Kier alpha value is -1.53. The highest BCUT2D eigenvalue weighted by atomic mass is 32.1. The van der Waals surface area contributed by atoms with Gasteiger partial charge < -0.3 is 5.73 Å². The van der Waals surface area contributed by atoms with Gasteiger partial charge in [0.25, 0.3) is 0 Å². The summed E-state index contributed by atoms with van der Waals surface area (Å²) >= 11 is 1.48. The van der Waals surface area contributed by atoms with Crippen LogP contribution in [0.3, 0.4) is 0 Å². The summed E-state index contributed by atoms with van der Waals surface area (Å²) in [5.74, 6) is -0.415. The Labute approximate surface area is 120 Å². The fraction of sp³-hybridized carbons (Fsp3) is 0.429. The minimum atomic E-state index is -0.768. The summed E-state index contributed by atoms with van der Waals surface area (Å²) in [6.07, 6.45) is 0.138. The van der Waals surface area contributed by atoms with Gasteiger partial charge in [-0.05, 0) is 25.0 Å². The molecule has 2 heterocycles. The van der Waals surface area contributed by atoms with E-state index in [1.165, 1.54) is 11.3 Å². The Morgan fingerprint density at radius 2 is 2.10 bits per heavy atom. The third kappa shape index (κ3) is 2.53. The molecule has 0 spiro atoms. The highest BCUT2D eigenvalue weighted by molar-refractivity contribution is 7.18. The molecule has 1 amide bonds. The van der Waals surface area contributed by atoms with E-state index in [1.54, 1.807) is 0 Å². The summed E-state index contributed by atoms with van der Waals surface area (Å²) in [7, 11) is 0. The van der Waals surface area contributed by atoms with E-state index in [0.29, 0.717) is 30.9 Å². The molecule has 0 bridgehead atoms. The molecule has 1 aromatic carbocycles. The van der Waals surface area contributed by atoms with Crippen LogP contribution in [0.15, 0.2) is 24.3 Å². The maximum absolute atomic E-state index is 13.2. The maximum Gasteiger partial charge on any atom is 0.241 e. The number of alkyl halides is 1. The van der Waals surface area contributed by atoms with Crippen molar-refractivity contribution in [3.8, 4) is 0 Å². The van der Waals surface area contributed by atoms with Crippen molar-refractivity contribution in [3.63, 3.8) is 0 Å². The van der Waals surface area contributed by atoms with Gasteiger partial charge in [-0.3, -0.25) is 9.69 Å². The summed E-state index contributed by atoms with van der Waals surface area (Å²) in [6, 6.07) is 7.21. The predicted octanol–water partition coefficient (Wildman–Crippen LogP) is 2.26. The lowest BCUT2D eigenvalue weighted by molar-refractivity contribution is -0.124. The van der Waals surface area contributed by atoms with E-state index in [2.05, 4.69) is 4.98 Å². The zero-order chi connectivity index (χ0) is 14.1. The average Bonchev–Trinajstić information content (AvgIpc) is 2.84. The number of thiazole rings is 1. The van der Waals surface area contributed by atoms with Gasteiger partial charge in [-0.2, -0.15) is 0 Å². The molecule has 1 aromatic heterocycles. The van der Waals surface area contributed by atoms with Gasteiger partial charge >= 0.3 is 0 Å². The first-order chi connectivity index (χ1) is 9.65. The number of piperidine rings is 1. The molecule has 1 fully saturated rings. The van der Waals surface area contributed by atoms with E-state index >= 15 is 0 Å². The number of carbonyl (C=O) groups is 1. The monoisotopic (exact) mass is 293 g/mol. The third-order valence-corrected chi connectivity index (χ3v) is 4.73. The topological polar surface area (TPSA) is 59.2 Å². The molecule has 1 atom stereocenters. The van der Waals surface area contributed by atoms with Gasteiger partial charge in [0.15, 0.2) is 0 Å². The molecule has 1 saturated heterocycles. The Bertz CT molecular complexity index is 589. The number of benzene rings is 1. The molecule has 0 radical (unpaired) electrons. The van der Waals surface area contributed by atoms with Crippen molar-refractivity contribution in [2.75, 3.05) is 13.1 Å². The Kier molecular flexibility index (Phi) is 3.67. The van der Waals surface area contributed by atoms with E-state index in [4.69, 9.17) is 5.73 Å².